The van der Waals surface area contributed by atoms with Gasteiger partial charge in [-0.25, -0.2) is 5.43 Å². The zero-order chi connectivity index (χ0) is 24.5. The lowest BCUT2D eigenvalue weighted by molar-refractivity contribution is -0.136. The highest BCUT2D eigenvalue weighted by atomic mass is 79.9. The summed E-state index contributed by atoms with van der Waals surface area (Å²) in [7, 11) is 0. The molecule has 9 nitrogen and oxygen atoms in total. The standard InChI is InChI=1S/C24H21BrN4O5/c1-2-34-18-10-8-17(9-11-18)27-22(31)19-5-3-4-6-20(19)28-23(32)24(33)29-26-14-15-13-16(25)7-12-21(15)30/h3-14,30H,2H2,1H3,(H,27,31)(H,28,32)(H,29,33)/b26-14-. The zero-order valence-corrected chi connectivity index (χ0v) is 19.6. The molecular weight excluding hydrogens is 504 g/mol. The molecule has 3 amide bonds. The first kappa shape index (κ1) is 24.5. The zero-order valence-electron chi connectivity index (χ0n) is 18.0. The van der Waals surface area contributed by atoms with Crippen LogP contribution in [0, 0.1) is 0 Å². The van der Waals surface area contributed by atoms with Gasteiger partial charge in [0.2, 0.25) is 0 Å². The second kappa shape index (κ2) is 11.6. The summed E-state index contributed by atoms with van der Waals surface area (Å²) in [4.78, 5) is 37.2. The molecule has 3 rings (SSSR count). The third-order valence-corrected chi connectivity index (χ3v) is 4.90. The molecule has 0 aliphatic carbocycles. The second-order valence-electron chi connectivity index (χ2n) is 6.81. The van der Waals surface area contributed by atoms with Crippen LogP contribution in [-0.2, 0) is 9.59 Å². The molecule has 174 valence electrons. The Balaban J connectivity index is 1.63. The molecule has 3 aromatic carbocycles. The number of hydrazone groups is 1. The van der Waals surface area contributed by atoms with Crippen molar-refractivity contribution in [1.82, 2.24) is 5.43 Å². The number of hydrogen-bond donors (Lipinski definition) is 4. The highest BCUT2D eigenvalue weighted by Gasteiger charge is 2.18. The summed E-state index contributed by atoms with van der Waals surface area (Å²) in [5.41, 5.74) is 3.28. The first-order chi connectivity index (χ1) is 16.4. The Morgan fingerprint density at radius 3 is 2.47 bits per heavy atom. The van der Waals surface area contributed by atoms with Gasteiger partial charge in [-0.15, -0.1) is 0 Å². The minimum absolute atomic E-state index is 0.0434. The Bertz CT molecular complexity index is 1230. The topological polar surface area (TPSA) is 129 Å². The SMILES string of the molecule is CCOc1ccc(NC(=O)c2ccccc2NC(=O)C(=O)N/N=C\c2cc(Br)ccc2O)cc1. The van der Waals surface area contributed by atoms with Gasteiger partial charge in [0, 0.05) is 15.7 Å². The van der Waals surface area contributed by atoms with Gasteiger partial charge in [-0.05, 0) is 61.5 Å². The number of carbonyl (C=O) groups is 3. The van der Waals surface area contributed by atoms with Gasteiger partial charge in [0.25, 0.3) is 5.91 Å². The normalized spacial score (nSPS) is 10.5. The molecule has 34 heavy (non-hydrogen) atoms. The largest absolute Gasteiger partial charge is 0.507 e. The van der Waals surface area contributed by atoms with E-state index in [1.165, 1.54) is 24.4 Å². The van der Waals surface area contributed by atoms with Gasteiger partial charge >= 0.3 is 11.8 Å². The number of amides is 3. The van der Waals surface area contributed by atoms with Crippen molar-refractivity contribution in [2.75, 3.05) is 17.2 Å². The molecule has 0 heterocycles. The number of anilines is 2. The summed E-state index contributed by atoms with van der Waals surface area (Å²) in [5, 5.41) is 18.6. The number of phenols is 1. The van der Waals surface area contributed by atoms with Crippen LogP contribution in [0.5, 0.6) is 11.5 Å². The molecule has 0 unspecified atom stereocenters. The van der Waals surface area contributed by atoms with Crippen molar-refractivity contribution in [2.24, 2.45) is 5.10 Å². The summed E-state index contributed by atoms with van der Waals surface area (Å²) in [6.45, 7) is 2.41. The van der Waals surface area contributed by atoms with Crippen molar-refractivity contribution in [3.05, 3.63) is 82.3 Å². The first-order valence-corrected chi connectivity index (χ1v) is 10.9. The number of nitrogens with zero attached hydrogens (tertiary/aromatic N) is 1. The van der Waals surface area contributed by atoms with Gasteiger partial charge in [-0.2, -0.15) is 5.10 Å². The molecule has 0 fully saturated rings. The van der Waals surface area contributed by atoms with Crippen molar-refractivity contribution in [2.45, 2.75) is 6.92 Å². The fourth-order valence-electron chi connectivity index (χ4n) is 2.81. The number of para-hydroxylation sites is 1. The third kappa shape index (κ3) is 6.66. The van der Waals surface area contributed by atoms with Crippen LogP contribution in [0.25, 0.3) is 0 Å². The molecular formula is C24H21BrN4O5. The third-order valence-electron chi connectivity index (χ3n) is 4.41. The van der Waals surface area contributed by atoms with Gasteiger partial charge < -0.3 is 20.5 Å². The summed E-state index contributed by atoms with van der Waals surface area (Å²) >= 11 is 3.26. The van der Waals surface area contributed by atoms with E-state index < -0.39 is 17.7 Å². The molecule has 0 aliphatic heterocycles. The molecule has 0 atom stereocenters. The number of carbonyl (C=O) groups excluding carboxylic acids is 3. The Labute approximate surface area is 204 Å². The number of aromatic hydroxyl groups is 1. The molecule has 0 aliphatic rings. The molecule has 0 saturated carbocycles. The van der Waals surface area contributed by atoms with E-state index in [-0.39, 0.29) is 17.0 Å². The van der Waals surface area contributed by atoms with Crippen molar-refractivity contribution in [1.29, 1.82) is 0 Å². The van der Waals surface area contributed by atoms with Crippen LogP contribution in [-0.4, -0.2) is 35.6 Å². The quantitative estimate of drug-likeness (QED) is 0.211. The Hall–Kier alpha value is -4.18. The fourth-order valence-corrected chi connectivity index (χ4v) is 3.19. The molecule has 0 saturated heterocycles. The number of rotatable bonds is 7. The second-order valence-corrected chi connectivity index (χ2v) is 7.73. The van der Waals surface area contributed by atoms with Crippen LogP contribution in [0.15, 0.2) is 76.3 Å². The Morgan fingerprint density at radius 2 is 1.74 bits per heavy atom. The number of phenolic OH excluding ortho intramolecular Hbond substituents is 1. The monoisotopic (exact) mass is 524 g/mol. The summed E-state index contributed by atoms with van der Waals surface area (Å²) in [6, 6.07) is 17.8. The van der Waals surface area contributed by atoms with E-state index >= 15 is 0 Å². The summed E-state index contributed by atoms with van der Waals surface area (Å²) in [6.07, 6.45) is 1.20. The molecule has 0 radical (unpaired) electrons. The maximum absolute atomic E-state index is 12.7. The van der Waals surface area contributed by atoms with E-state index in [0.717, 1.165) is 0 Å². The molecule has 0 bridgehead atoms. The van der Waals surface area contributed by atoms with Gasteiger partial charge in [0.15, 0.2) is 0 Å². The summed E-state index contributed by atoms with van der Waals surface area (Å²) in [5.74, 6) is -1.90. The molecule has 4 N–H and O–H groups in total. The van der Waals surface area contributed by atoms with Crippen molar-refractivity contribution < 1.29 is 24.2 Å². The average Bonchev–Trinajstić information content (AvgIpc) is 2.83. The summed E-state index contributed by atoms with van der Waals surface area (Å²) < 4.78 is 6.08. The molecule has 0 aromatic heterocycles. The van der Waals surface area contributed by atoms with Crippen molar-refractivity contribution in [3.63, 3.8) is 0 Å². The Kier molecular flexibility index (Phi) is 8.36. The average molecular weight is 525 g/mol. The van der Waals surface area contributed by atoms with Crippen LogP contribution in [0.2, 0.25) is 0 Å². The van der Waals surface area contributed by atoms with Gasteiger partial charge in [0.05, 0.1) is 24.1 Å². The van der Waals surface area contributed by atoms with Crippen molar-refractivity contribution in [3.8, 4) is 11.5 Å². The van der Waals surface area contributed by atoms with Gasteiger partial charge in [0.1, 0.15) is 11.5 Å². The maximum Gasteiger partial charge on any atom is 0.329 e. The lowest BCUT2D eigenvalue weighted by Crippen LogP contribution is -2.33. The smallest absolute Gasteiger partial charge is 0.329 e. The molecule has 3 aromatic rings. The fraction of sp³-hybridized carbons (Fsp3) is 0.0833. The number of halogens is 1. The minimum Gasteiger partial charge on any atom is -0.507 e. The number of ether oxygens (including phenoxy) is 1. The minimum atomic E-state index is -1.05. The lowest BCUT2D eigenvalue weighted by atomic mass is 10.1. The predicted octanol–water partition coefficient (Wildman–Crippen LogP) is 3.89. The van der Waals surface area contributed by atoms with E-state index in [9.17, 15) is 19.5 Å². The first-order valence-electron chi connectivity index (χ1n) is 10.1. The van der Waals surface area contributed by atoms with Gasteiger partial charge in [-0.3, -0.25) is 14.4 Å². The van der Waals surface area contributed by atoms with E-state index in [0.29, 0.717) is 28.1 Å². The van der Waals surface area contributed by atoms with Crippen LogP contribution in [0.1, 0.15) is 22.8 Å². The van der Waals surface area contributed by atoms with E-state index in [1.54, 1.807) is 48.5 Å². The Morgan fingerprint density at radius 1 is 1.00 bits per heavy atom. The molecule has 10 heteroatoms. The van der Waals surface area contributed by atoms with E-state index in [1.807, 2.05) is 6.92 Å². The highest BCUT2D eigenvalue weighted by molar-refractivity contribution is 9.10. The maximum atomic E-state index is 12.7. The number of nitrogens with one attached hydrogen (secondary N) is 3. The van der Waals surface area contributed by atoms with Crippen LogP contribution >= 0.6 is 15.9 Å². The highest BCUT2D eigenvalue weighted by Crippen LogP contribution is 2.21. The van der Waals surface area contributed by atoms with Crippen molar-refractivity contribution >= 4 is 51.2 Å². The van der Waals surface area contributed by atoms with Crippen LogP contribution < -0.4 is 20.8 Å². The van der Waals surface area contributed by atoms with Crippen LogP contribution in [0.3, 0.4) is 0 Å². The number of hydrogen-bond acceptors (Lipinski definition) is 6. The van der Waals surface area contributed by atoms with E-state index in [2.05, 4.69) is 37.1 Å². The lowest BCUT2D eigenvalue weighted by Gasteiger charge is -2.11. The van der Waals surface area contributed by atoms with E-state index in [4.69, 9.17) is 4.74 Å². The molecule has 0 spiro atoms. The predicted molar refractivity (Wildman–Crippen MR) is 132 cm³/mol. The van der Waals surface area contributed by atoms with Crippen LogP contribution in [0.4, 0.5) is 11.4 Å². The van der Waals surface area contributed by atoms with Gasteiger partial charge in [-0.1, -0.05) is 28.1 Å². The number of benzene rings is 3.